The van der Waals surface area contributed by atoms with Gasteiger partial charge in [0.1, 0.15) is 18.1 Å². The lowest BCUT2D eigenvalue weighted by molar-refractivity contribution is 0.101. The predicted molar refractivity (Wildman–Crippen MR) is 91.1 cm³/mol. The molecule has 1 aliphatic heterocycles. The maximum atomic E-state index is 12.3. The second-order valence-corrected chi connectivity index (χ2v) is 5.97. The van der Waals surface area contributed by atoms with E-state index in [1.807, 2.05) is 30.3 Å². The zero-order valence-electron chi connectivity index (χ0n) is 11.6. The van der Waals surface area contributed by atoms with Gasteiger partial charge in [0.05, 0.1) is 12.2 Å². The number of hydrogen-bond donors (Lipinski definition) is 1. The molecule has 0 atom stereocenters. The first kappa shape index (κ1) is 15.1. The van der Waals surface area contributed by atoms with Crippen LogP contribution in [0.25, 0.3) is 6.08 Å². The summed E-state index contributed by atoms with van der Waals surface area (Å²) in [5.41, 5.74) is 1.45. The molecule has 4 nitrogen and oxygen atoms in total. The number of Topliss-reactive ketones (excluding diaryl/α,β-unsaturated/α-hetero) is 1. The van der Waals surface area contributed by atoms with Crippen molar-refractivity contribution in [2.75, 3.05) is 13.2 Å². The van der Waals surface area contributed by atoms with Gasteiger partial charge < -0.3 is 14.6 Å². The molecule has 1 heterocycles. The number of ether oxygens (including phenoxy) is 2. The number of hydrogen-bond acceptors (Lipinski definition) is 4. The standard InChI is InChI=1S/C17H13IO4/c18-12-3-6-15-14(10-12)17(20)16(22-15)9-11-1-4-13(5-2-11)21-8-7-19/h1-6,9-10,19H,7-8H2/b16-9+. The average molecular weight is 408 g/mol. The van der Waals surface area contributed by atoms with Crippen LogP contribution in [0, 0.1) is 3.57 Å². The Morgan fingerprint density at radius 1 is 1.18 bits per heavy atom. The predicted octanol–water partition coefficient (Wildman–Crippen LogP) is 3.28. The third-order valence-corrected chi connectivity index (χ3v) is 3.84. The van der Waals surface area contributed by atoms with Gasteiger partial charge in [-0.25, -0.2) is 0 Å². The van der Waals surface area contributed by atoms with Gasteiger partial charge in [0.15, 0.2) is 5.76 Å². The number of ketones is 1. The number of aliphatic hydroxyl groups excluding tert-OH is 1. The van der Waals surface area contributed by atoms with Crippen LogP contribution in [0.15, 0.2) is 48.2 Å². The van der Waals surface area contributed by atoms with E-state index in [-0.39, 0.29) is 19.0 Å². The summed E-state index contributed by atoms with van der Waals surface area (Å²) >= 11 is 2.17. The van der Waals surface area contributed by atoms with Gasteiger partial charge in [-0.3, -0.25) is 4.79 Å². The van der Waals surface area contributed by atoms with E-state index in [2.05, 4.69) is 22.6 Å². The van der Waals surface area contributed by atoms with Crippen LogP contribution < -0.4 is 9.47 Å². The number of benzene rings is 2. The summed E-state index contributed by atoms with van der Waals surface area (Å²) in [6.45, 7) is 0.237. The highest BCUT2D eigenvalue weighted by atomic mass is 127. The van der Waals surface area contributed by atoms with E-state index in [4.69, 9.17) is 14.6 Å². The van der Waals surface area contributed by atoms with Crippen molar-refractivity contribution in [1.29, 1.82) is 0 Å². The Morgan fingerprint density at radius 2 is 1.95 bits per heavy atom. The van der Waals surface area contributed by atoms with Crippen molar-refractivity contribution in [2.24, 2.45) is 0 Å². The molecule has 0 spiro atoms. The van der Waals surface area contributed by atoms with Crippen LogP contribution in [0.5, 0.6) is 11.5 Å². The van der Waals surface area contributed by atoms with Crippen LogP contribution in [0.4, 0.5) is 0 Å². The maximum Gasteiger partial charge on any atom is 0.232 e. The maximum absolute atomic E-state index is 12.3. The number of rotatable bonds is 4. The molecule has 0 saturated carbocycles. The van der Waals surface area contributed by atoms with Gasteiger partial charge in [-0.2, -0.15) is 0 Å². The number of carbonyl (C=O) groups excluding carboxylic acids is 1. The molecule has 0 unspecified atom stereocenters. The molecule has 0 fully saturated rings. The highest BCUT2D eigenvalue weighted by molar-refractivity contribution is 14.1. The highest BCUT2D eigenvalue weighted by Crippen LogP contribution is 2.33. The van der Waals surface area contributed by atoms with Crippen molar-refractivity contribution in [3.05, 3.63) is 62.9 Å². The van der Waals surface area contributed by atoms with Crippen molar-refractivity contribution < 1.29 is 19.4 Å². The second kappa shape index (κ2) is 6.50. The number of allylic oxidation sites excluding steroid dienone is 1. The Bertz CT molecular complexity index is 735. The van der Waals surface area contributed by atoms with E-state index in [0.29, 0.717) is 22.8 Å². The van der Waals surface area contributed by atoms with Crippen molar-refractivity contribution in [2.45, 2.75) is 0 Å². The van der Waals surface area contributed by atoms with Gasteiger partial charge in [-0.1, -0.05) is 12.1 Å². The van der Waals surface area contributed by atoms with Crippen molar-refractivity contribution >= 4 is 34.5 Å². The lowest BCUT2D eigenvalue weighted by Gasteiger charge is -2.04. The van der Waals surface area contributed by atoms with Gasteiger partial charge in [-0.15, -0.1) is 0 Å². The first-order valence-electron chi connectivity index (χ1n) is 6.75. The molecule has 0 radical (unpaired) electrons. The van der Waals surface area contributed by atoms with Crippen molar-refractivity contribution in [3.63, 3.8) is 0 Å². The summed E-state index contributed by atoms with van der Waals surface area (Å²) in [7, 11) is 0. The van der Waals surface area contributed by atoms with Gasteiger partial charge in [-0.05, 0) is 64.6 Å². The molecule has 3 rings (SSSR count). The van der Waals surface area contributed by atoms with E-state index >= 15 is 0 Å². The fraction of sp³-hybridized carbons (Fsp3) is 0.118. The van der Waals surface area contributed by atoms with E-state index in [0.717, 1.165) is 9.13 Å². The average Bonchev–Trinajstić information content (AvgIpc) is 2.83. The molecule has 1 N–H and O–H groups in total. The summed E-state index contributed by atoms with van der Waals surface area (Å²) in [6, 6.07) is 12.8. The van der Waals surface area contributed by atoms with E-state index < -0.39 is 0 Å². The minimum atomic E-state index is -0.103. The van der Waals surface area contributed by atoms with Crippen LogP contribution in [-0.4, -0.2) is 24.1 Å². The molecule has 2 aromatic rings. The Balaban J connectivity index is 1.80. The van der Waals surface area contributed by atoms with Gasteiger partial charge in [0.25, 0.3) is 0 Å². The molecule has 112 valence electrons. The monoisotopic (exact) mass is 408 g/mol. The summed E-state index contributed by atoms with van der Waals surface area (Å²) in [5, 5.41) is 8.72. The van der Waals surface area contributed by atoms with Gasteiger partial charge >= 0.3 is 0 Å². The number of fused-ring (bicyclic) bond motifs is 1. The summed E-state index contributed by atoms with van der Waals surface area (Å²) in [5.74, 6) is 1.49. The van der Waals surface area contributed by atoms with Crippen LogP contribution in [-0.2, 0) is 0 Å². The van der Waals surface area contributed by atoms with Crippen LogP contribution in [0.3, 0.4) is 0 Å². The number of aliphatic hydroxyl groups is 1. The van der Waals surface area contributed by atoms with Crippen molar-refractivity contribution in [3.8, 4) is 11.5 Å². The van der Waals surface area contributed by atoms with Crippen LogP contribution >= 0.6 is 22.6 Å². The quantitative estimate of drug-likeness (QED) is 0.624. The molecule has 0 amide bonds. The molecule has 0 aliphatic carbocycles. The Kier molecular flexibility index (Phi) is 4.44. The molecule has 22 heavy (non-hydrogen) atoms. The molecular formula is C17H13IO4. The first-order chi connectivity index (χ1) is 10.7. The summed E-state index contributed by atoms with van der Waals surface area (Å²) < 4.78 is 11.9. The first-order valence-corrected chi connectivity index (χ1v) is 7.83. The SMILES string of the molecule is O=C1/C(=C\c2ccc(OCCO)cc2)Oc2ccc(I)cc21. The van der Waals surface area contributed by atoms with Crippen LogP contribution in [0.1, 0.15) is 15.9 Å². The lowest BCUT2D eigenvalue weighted by atomic mass is 10.1. The summed E-state index contributed by atoms with van der Waals surface area (Å²) in [6.07, 6.45) is 1.71. The molecule has 5 heteroatoms. The molecule has 1 aliphatic rings. The Hall–Kier alpha value is -1.86. The topological polar surface area (TPSA) is 55.8 Å². The van der Waals surface area contributed by atoms with Crippen LogP contribution in [0.2, 0.25) is 0 Å². The zero-order chi connectivity index (χ0) is 15.5. The molecule has 0 aromatic heterocycles. The fourth-order valence-electron chi connectivity index (χ4n) is 2.14. The largest absolute Gasteiger partial charge is 0.491 e. The van der Waals surface area contributed by atoms with Gasteiger partial charge in [0.2, 0.25) is 5.78 Å². The van der Waals surface area contributed by atoms with E-state index in [9.17, 15) is 4.79 Å². The minimum Gasteiger partial charge on any atom is -0.491 e. The zero-order valence-corrected chi connectivity index (χ0v) is 13.7. The Morgan fingerprint density at radius 3 is 2.68 bits per heavy atom. The lowest BCUT2D eigenvalue weighted by Crippen LogP contribution is -2.01. The Labute approximate surface area is 141 Å². The van der Waals surface area contributed by atoms with E-state index in [1.165, 1.54) is 0 Å². The minimum absolute atomic E-state index is 0.0226. The molecule has 2 aromatic carbocycles. The number of halogens is 1. The molecular weight excluding hydrogens is 395 g/mol. The second-order valence-electron chi connectivity index (χ2n) is 4.72. The molecule has 0 bridgehead atoms. The van der Waals surface area contributed by atoms with Gasteiger partial charge in [0, 0.05) is 3.57 Å². The number of carbonyl (C=O) groups is 1. The summed E-state index contributed by atoms with van der Waals surface area (Å²) in [4.78, 5) is 12.3. The fourth-order valence-corrected chi connectivity index (χ4v) is 2.63. The smallest absolute Gasteiger partial charge is 0.232 e. The van der Waals surface area contributed by atoms with E-state index in [1.54, 1.807) is 18.2 Å². The third kappa shape index (κ3) is 3.15. The highest BCUT2D eigenvalue weighted by Gasteiger charge is 2.27. The molecule has 0 saturated heterocycles. The normalized spacial score (nSPS) is 14.8. The van der Waals surface area contributed by atoms with Crippen molar-refractivity contribution in [1.82, 2.24) is 0 Å². The third-order valence-electron chi connectivity index (χ3n) is 3.17.